The van der Waals surface area contributed by atoms with Crippen molar-refractivity contribution in [2.45, 2.75) is 19.9 Å². The molecule has 0 aliphatic carbocycles. The first-order valence-corrected chi connectivity index (χ1v) is 6.30. The van der Waals surface area contributed by atoms with Crippen molar-refractivity contribution in [2.75, 3.05) is 10.6 Å². The summed E-state index contributed by atoms with van der Waals surface area (Å²) in [5.41, 5.74) is 2.95. The minimum atomic E-state index is 0.0197. The third-order valence-corrected chi connectivity index (χ3v) is 2.71. The summed E-state index contributed by atoms with van der Waals surface area (Å²) >= 11 is 0. The van der Waals surface area contributed by atoms with Crippen LogP contribution in [0, 0.1) is 0 Å². The predicted octanol–water partition coefficient (Wildman–Crippen LogP) is 3.04. The Hall–Kier alpha value is -2.36. The zero-order chi connectivity index (χ0) is 13.5. The molecule has 1 aromatic carbocycles. The molecule has 0 radical (unpaired) electrons. The minimum absolute atomic E-state index is 0.0197. The van der Waals surface area contributed by atoms with Gasteiger partial charge < -0.3 is 10.6 Å². The highest BCUT2D eigenvalue weighted by atomic mass is 16.1. The van der Waals surface area contributed by atoms with Crippen LogP contribution < -0.4 is 10.6 Å². The van der Waals surface area contributed by atoms with Gasteiger partial charge >= 0.3 is 0 Å². The highest BCUT2D eigenvalue weighted by molar-refractivity contribution is 5.90. The van der Waals surface area contributed by atoms with E-state index >= 15 is 0 Å². The molecule has 2 N–H and O–H groups in total. The fourth-order valence-electron chi connectivity index (χ4n) is 1.66. The van der Waals surface area contributed by atoms with Gasteiger partial charge in [-0.3, -0.25) is 9.78 Å². The van der Waals surface area contributed by atoms with E-state index in [-0.39, 0.29) is 5.91 Å². The smallest absolute Gasteiger partial charge is 0.224 e. The molecule has 0 saturated heterocycles. The van der Waals surface area contributed by atoms with E-state index in [1.54, 1.807) is 12.4 Å². The second kappa shape index (κ2) is 6.54. The van der Waals surface area contributed by atoms with Gasteiger partial charge in [0.15, 0.2) is 0 Å². The summed E-state index contributed by atoms with van der Waals surface area (Å²) in [7, 11) is 0. The van der Waals surface area contributed by atoms with Crippen LogP contribution in [0.25, 0.3) is 0 Å². The molecule has 4 heteroatoms. The number of rotatable bonds is 5. The van der Waals surface area contributed by atoms with Gasteiger partial charge in [-0.1, -0.05) is 13.0 Å². The number of hydrogen-bond donors (Lipinski definition) is 2. The Kier molecular flexibility index (Phi) is 4.50. The maximum absolute atomic E-state index is 11.3. The normalized spacial score (nSPS) is 9.95. The summed E-state index contributed by atoms with van der Waals surface area (Å²) in [4.78, 5) is 15.3. The summed E-state index contributed by atoms with van der Waals surface area (Å²) in [5.74, 6) is 0.0197. The van der Waals surface area contributed by atoms with Crippen LogP contribution >= 0.6 is 0 Å². The molecule has 0 aliphatic heterocycles. The van der Waals surface area contributed by atoms with Gasteiger partial charge in [-0.25, -0.2) is 0 Å². The van der Waals surface area contributed by atoms with Crippen LogP contribution in [0.15, 0.2) is 48.8 Å². The number of aromatic nitrogens is 1. The van der Waals surface area contributed by atoms with E-state index in [2.05, 4.69) is 15.6 Å². The van der Waals surface area contributed by atoms with E-state index in [1.165, 1.54) is 0 Å². The van der Waals surface area contributed by atoms with Gasteiger partial charge in [0.2, 0.25) is 5.91 Å². The molecule has 0 saturated carbocycles. The van der Waals surface area contributed by atoms with Crippen molar-refractivity contribution < 1.29 is 4.79 Å². The second-order valence-corrected chi connectivity index (χ2v) is 4.19. The second-order valence-electron chi connectivity index (χ2n) is 4.19. The van der Waals surface area contributed by atoms with Crippen molar-refractivity contribution in [3.05, 3.63) is 54.4 Å². The fraction of sp³-hybridized carbons (Fsp3) is 0.200. The van der Waals surface area contributed by atoms with Gasteiger partial charge in [0.1, 0.15) is 0 Å². The molecule has 19 heavy (non-hydrogen) atoms. The first-order valence-electron chi connectivity index (χ1n) is 6.30. The molecule has 2 aromatic rings. The Balaban J connectivity index is 1.97. The van der Waals surface area contributed by atoms with Crippen molar-refractivity contribution in [3.63, 3.8) is 0 Å². The number of carbonyl (C=O) groups is 1. The summed E-state index contributed by atoms with van der Waals surface area (Å²) in [6.07, 6.45) is 4.03. The molecule has 0 fully saturated rings. The topological polar surface area (TPSA) is 54.0 Å². The molecule has 0 bridgehead atoms. The van der Waals surface area contributed by atoms with Crippen LogP contribution in [-0.4, -0.2) is 10.9 Å². The van der Waals surface area contributed by atoms with Crippen LogP contribution in [0.2, 0.25) is 0 Å². The molecule has 1 heterocycles. The Labute approximate surface area is 112 Å². The Morgan fingerprint density at radius 2 is 1.89 bits per heavy atom. The SMILES string of the molecule is CCC(=O)Nc1cccc(NCc2ccncc2)c1. The summed E-state index contributed by atoms with van der Waals surface area (Å²) in [6, 6.07) is 11.6. The number of pyridine rings is 1. The van der Waals surface area contributed by atoms with Crippen LogP contribution in [0.1, 0.15) is 18.9 Å². The number of amides is 1. The zero-order valence-electron chi connectivity index (χ0n) is 10.9. The molecule has 1 aromatic heterocycles. The van der Waals surface area contributed by atoms with Crippen LogP contribution in [0.4, 0.5) is 11.4 Å². The average molecular weight is 255 g/mol. The quantitative estimate of drug-likeness (QED) is 0.863. The Morgan fingerprint density at radius 1 is 1.16 bits per heavy atom. The molecule has 0 aliphatic rings. The Morgan fingerprint density at radius 3 is 2.63 bits per heavy atom. The summed E-state index contributed by atoms with van der Waals surface area (Å²) in [5, 5.41) is 6.15. The monoisotopic (exact) mass is 255 g/mol. The first kappa shape index (κ1) is 13.1. The molecular weight excluding hydrogens is 238 g/mol. The van der Waals surface area contributed by atoms with Crippen molar-refractivity contribution in [2.24, 2.45) is 0 Å². The van der Waals surface area contributed by atoms with Gasteiger partial charge in [-0.05, 0) is 35.9 Å². The van der Waals surface area contributed by atoms with Gasteiger partial charge in [0.05, 0.1) is 0 Å². The lowest BCUT2D eigenvalue weighted by Crippen LogP contribution is -2.09. The van der Waals surface area contributed by atoms with Crippen LogP contribution in [0.3, 0.4) is 0 Å². The first-order chi connectivity index (χ1) is 9.28. The van der Waals surface area contributed by atoms with E-state index in [0.29, 0.717) is 6.42 Å². The summed E-state index contributed by atoms with van der Waals surface area (Å²) in [6.45, 7) is 2.56. The van der Waals surface area contributed by atoms with Crippen molar-refractivity contribution in [3.8, 4) is 0 Å². The Bertz CT molecular complexity index is 540. The third kappa shape index (κ3) is 4.10. The van der Waals surface area contributed by atoms with E-state index < -0.39 is 0 Å². The molecule has 2 rings (SSSR count). The maximum atomic E-state index is 11.3. The standard InChI is InChI=1S/C15H17N3O/c1-2-15(19)18-14-5-3-4-13(10-14)17-11-12-6-8-16-9-7-12/h3-10,17H,2,11H2,1H3,(H,18,19). The zero-order valence-corrected chi connectivity index (χ0v) is 10.9. The van der Waals surface area contributed by atoms with E-state index in [0.717, 1.165) is 23.5 Å². The molecule has 1 amide bonds. The highest BCUT2D eigenvalue weighted by Crippen LogP contribution is 2.16. The number of carbonyl (C=O) groups excluding carboxylic acids is 1. The maximum Gasteiger partial charge on any atom is 0.224 e. The van der Waals surface area contributed by atoms with Gasteiger partial charge in [0, 0.05) is 36.7 Å². The fourth-order valence-corrected chi connectivity index (χ4v) is 1.66. The molecule has 98 valence electrons. The van der Waals surface area contributed by atoms with Crippen LogP contribution in [0.5, 0.6) is 0 Å². The third-order valence-electron chi connectivity index (χ3n) is 2.71. The van der Waals surface area contributed by atoms with Crippen LogP contribution in [-0.2, 0) is 11.3 Å². The minimum Gasteiger partial charge on any atom is -0.381 e. The molecule has 0 unspecified atom stereocenters. The highest BCUT2D eigenvalue weighted by Gasteiger charge is 2.00. The van der Waals surface area contributed by atoms with Gasteiger partial charge in [-0.2, -0.15) is 0 Å². The number of nitrogens with one attached hydrogen (secondary N) is 2. The van der Waals surface area contributed by atoms with Gasteiger partial charge in [-0.15, -0.1) is 0 Å². The number of hydrogen-bond acceptors (Lipinski definition) is 3. The predicted molar refractivity (Wildman–Crippen MR) is 76.9 cm³/mol. The van der Waals surface area contributed by atoms with Gasteiger partial charge in [0.25, 0.3) is 0 Å². The lowest BCUT2D eigenvalue weighted by atomic mass is 10.2. The summed E-state index contributed by atoms with van der Waals surface area (Å²) < 4.78 is 0. The number of nitrogens with zero attached hydrogens (tertiary/aromatic N) is 1. The molecule has 0 spiro atoms. The average Bonchev–Trinajstić information content (AvgIpc) is 2.46. The lowest BCUT2D eigenvalue weighted by molar-refractivity contribution is -0.115. The molecule has 4 nitrogen and oxygen atoms in total. The molecular formula is C15H17N3O. The van der Waals surface area contributed by atoms with Crippen molar-refractivity contribution >= 4 is 17.3 Å². The molecule has 0 atom stereocenters. The number of benzene rings is 1. The number of anilines is 2. The van der Waals surface area contributed by atoms with E-state index in [1.807, 2.05) is 43.3 Å². The van der Waals surface area contributed by atoms with Crippen molar-refractivity contribution in [1.82, 2.24) is 4.98 Å². The largest absolute Gasteiger partial charge is 0.381 e. The van der Waals surface area contributed by atoms with E-state index in [9.17, 15) is 4.79 Å². The van der Waals surface area contributed by atoms with Crippen molar-refractivity contribution in [1.29, 1.82) is 0 Å². The van der Waals surface area contributed by atoms with E-state index in [4.69, 9.17) is 0 Å². The lowest BCUT2D eigenvalue weighted by Gasteiger charge is -2.09.